The fourth-order valence-electron chi connectivity index (χ4n) is 1.34. The van der Waals surface area contributed by atoms with Crippen molar-refractivity contribution < 1.29 is 0 Å². The molecule has 0 saturated heterocycles. The molecule has 0 aromatic heterocycles. The van der Waals surface area contributed by atoms with Crippen LogP contribution in [0.4, 0.5) is 0 Å². The van der Waals surface area contributed by atoms with Crippen LogP contribution in [0.1, 0.15) is 26.2 Å². The molecule has 0 aromatic carbocycles. The van der Waals surface area contributed by atoms with Gasteiger partial charge in [-0.2, -0.15) is 5.26 Å². The zero-order valence-electron chi connectivity index (χ0n) is 7.38. The first-order chi connectivity index (χ1) is 5.24. The third-order valence-corrected chi connectivity index (χ3v) is 2.62. The van der Waals surface area contributed by atoms with Gasteiger partial charge < -0.3 is 0 Å². The fraction of sp³-hybridized carbons (Fsp3) is 0.889. The van der Waals surface area contributed by atoms with Gasteiger partial charge in [-0.25, -0.2) is 0 Å². The van der Waals surface area contributed by atoms with Crippen molar-refractivity contribution in [1.29, 1.82) is 5.26 Å². The van der Waals surface area contributed by atoms with Crippen LogP contribution in [0.5, 0.6) is 0 Å². The van der Waals surface area contributed by atoms with Gasteiger partial charge in [0.25, 0.3) is 0 Å². The summed E-state index contributed by atoms with van der Waals surface area (Å²) in [5.74, 6) is 0.871. The highest BCUT2D eigenvalue weighted by Crippen LogP contribution is 2.26. The molecule has 0 N–H and O–H groups in total. The minimum atomic E-state index is 0.0793. The molecule has 0 amide bonds. The number of nitrogens with zero attached hydrogens (tertiary/aromatic N) is 2. The third-order valence-electron chi connectivity index (χ3n) is 2.62. The maximum Gasteiger partial charge on any atom is 0.0946 e. The molecule has 1 fully saturated rings. The highest BCUT2D eigenvalue weighted by atomic mass is 15.1. The predicted molar refractivity (Wildman–Crippen MR) is 45.0 cm³/mol. The second kappa shape index (κ2) is 3.73. The predicted octanol–water partition coefficient (Wildman–Crippen LogP) is 1.63. The standard InChI is InChI=1S/C9H16N2/c1-8(6-10)11(2)7-9-4-3-5-9/h8-9H,3-5,7H2,1-2H3. The topological polar surface area (TPSA) is 27.0 Å². The second-order valence-corrected chi connectivity index (χ2v) is 3.54. The van der Waals surface area contributed by atoms with E-state index in [4.69, 9.17) is 5.26 Å². The van der Waals surface area contributed by atoms with Crippen molar-refractivity contribution in [3.05, 3.63) is 0 Å². The molecule has 0 heterocycles. The molecular weight excluding hydrogens is 136 g/mol. The van der Waals surface area contributed by atoms with Crippen LogP contribution < -0.4 is 0 Å². The first kappa shape index (κ1) is 8.55. The summed E-state index contributed by atoms with van der Waals surface area (Å²) < 4.78 is 0. The van der Waals surface area contributed by atoms with E-state index in [9.17, 15) is 0 Å². The molecule has 1 saturated carbocycles. The van der Waals surface area contributed by atoms with E-state index in [-0.39, 0.29) is 6.04 Å². The lowest BCUT2D eigenvalue weighted by Gasteiger charge is -2.31. The highest BCUT2D eigenvalue weighted by molar-refractivity contribution is 4.87. The first-order valence-electron chi connectivity index (χ1n) is 4.34. The van der Waals surface area contributed by atoms with Crippen LogP contribution in [0.25, 0.3) is 0 Å². The van der Waals surface area contributed by atoms with Crippen LogP contribution in [-0.4, -0.2) is 24.5 Å². The molecule has 1 aliphatic rings. The van der Waals surface area contributed by atoms with Crippen molar-refractivity contribution in [2.75, 3.05) is 13.6 Å². The van der Waals surface area contributed by atoms with Crippen molar-refractivity contribution in [2.24, 2.45) is 5.92 Å². The Balaban J connectivity index is 2.19. The highest BCUT2D eigenvalue weighted by Gasteiger charge is 2.20. The van der Waals surface area contributed by atoms with E-state index in [2.05, 4.69) is 11.0 Å². The maximum atomic E-state index is 8.62. The van der Waals surface area contributed by atoms with E-state index < -0.39 is 0 Å². The minimum absolute atomic E-state index is 0.0793. The smallest absolute Gasteiger partial charge is 0.0946 e. The van der Waals surface area contributed by atoms with Gasteiger partial charge in [0.05, 0.1) is 12.1 Å². The number of nitriles is 1. The summed E-state index contributed by atoms with van der Waals surface area (Å²) in [6.07, 6.45) is 4.12. The van der Waals surface area contributed by atoms with E-state index in [1.54, 1.807) is 0 Å². The number of rotatable bonds is 3. The Hall–Kier alpha value is -0.550. The van der Waals surface area contributed by atoms with E-state index in [0.29, 0.717) is 0 Å². The molecule has 11 heavy (non-hydrogen) atoms. The van der Waals surface area contributed by atoms with Gasteiger partial charge in [-0.15, -0.1) is 0 Å². The lowest BCUT2D eigenvalue weighted by Crippen LogP contribution is -2.34. The Labute approximate surface area is 68.8 Å². The Bertz CT molecular complexity index is 155. The van der Waals surface area contributed by atoms with Crippen LogP contribution in [0.3, 0.4) is 0 Å². The second-order valence-electron chi connectivity index (χ2n) is 3.54. The van der Waals surface area contributed by atoms with Gasteiger partial charge in [-0.05, 0) is 32.7 Å². The van der Waals surface area contributed by atoms with Crippen LogP contribution in [0.2, 0.25) is 0 Å². The monoisotopic (exact) mass is 152 g/mol. The van der Waals surface area contributed by atoms with Gasteiger partial charge in [0.15, 0.2) is 0 Å². The SMILES string of the molecule is CC(C#N)N(C)CC1CCC1. The summed E-state index contributed by atoms with van der Waals surface area (Å²) >= 11 is 0. The van der Waals surface area contributed by atoms with Crippen molar-refractivity contribution in [3.8, 4) is 6.07 Å². The molecule has 62 valence electrons. The molecule has 0 bridgehead atoms. The van der Waals surface area contributed by atoms with Crippen LogP contribution in [-0.2, 0) is 0 Å². The maximum absolute atomic E-state index is 8.62. The van der Waals surface area contributed by atoms with Crippen molar-refractivity contribution >= 4 is 0 Å². The minimum Gasteiger partial charge on any atom is -0.291 e. The number of hydrogen-bond acceptors (Lipinski definition) is 2. The molecule has 1 atom stereocenters. The molecule has 2 nitrogen and oxygen atoms in total. The number of hydrogen-bond donors (Lipinski definition) is 0. The average molecular weight is 152 g/mol. The summed E-state index contributed by atoms with van der Waals surface area (Å²) in [5, 5.41) is 8.62. The lowest BCUT2D eigenvalue weighted by atomic mass is 9.85. The van der Waals surface area contributed by atoms with E-state index in [0.717, 1.165) is 12.5 Å². The molecule has 0 spiro atoms. The Morgan fingerprint density at radius 3 is 2.64 bits per heavy atom. The van der Waals surface area contributed by atoms with Crippen LogP contribution in [0.15, 0.2) is 0 Å². The zero-order valence-corrected chi connectivity index (χ0v) is 7.38. The summed E-state index contributed by atoms with van der Waals surface area (Å²) in [5.41, 5.74) is 0. The largest absolute Gasteiger partial charge is 0.291 e. The quantitative estimate of drug-likeness (QED) is 0.614. The van der Waals surface area contributed by atoms with Crippen molar-refractivity contribution in [3.63, 3.8) is 0 Å². The summed E-state index contributed by atoms with van der Waals surface area (Å²) in [6, 6.07) is 2.32. The van der Waals surface area contributed by atoms with E-state index in [1.165, 1.54) is 19.3 Å². The normalized spacial score (nSPS) is 20.9. The lowest BCUT2D eigenvalue weighted by molar-refractivity contribution is 0.190. The van der Waals surface area contributed by atoms with Gasteiger partial charge in [-0.3, -0.25) is 4.90 Å². The van der Waals surface area contributed by atoms with E-state index in [1.807, 2.05) is 14.0 Å². The molecule has 2 heteroatoms. The van der Waals surface area contributed by atoms with Crippen molar-refractivity contribution in [1.82, 2.24) is 4.90 Å². The van der Waals surface area contributed by atoms with E-state index >= 15 is 0 Å². The zero-order chi connectivity index (χ0) is 8.27. The molecular formula is C9H16N2. The van der Waals surface area contributed by atoms with Gasteiger partial charge in [0.2, 0.25) is 0 Å². The molecule has 0 aromatic rings. The Morgan fingerprint density at radius 2 is 2.27 bits per heavy atom. The van der Waals surface area contributed by atoms with Gasteiger partial charge in [0.1, 0.15) is 0 Å². The molecule has 0 radical (unpaired) electrons. The summed E-state index contributed by atoms with van der Waals surface area (Å²) in [7, 11) is 2.03. The molecule has 1 rings (SSSR count). The average Bonchev–Trinajstić information content (AvgIpc) is 1.94. The van der Waals surface area contributed by atoms with Gasteiger partial charge in [0, 0.05) is 6.54 Å². The molecule has 1 unspecified atom stereocenters. The first-order valence-corrected chi connectivity index (χ1v) is 4.34. The fourth-order valence-corrected chi connectivity index (χ4v) is 1.34. The van der Waals surface area contributed by atoms with Crippen LogP contribution in [0, 0.1) is 17.2 Å². The van der Waals surface area contributed by atoms with Crippen LogP contribution >= 0.6 is 0 Å². The van der Waals surface area contributed by atoms with Gasteiger partial charge >= 0.3 is 0 Å². The summed E-state index contributed by atoms with van der Waals surface area (Å²) in [4.78, 5) is 2.14. The third kappa shape index (κ3) is 2.20. The van der Waals surface area contributed by atoms with Crippen molar-refractivity contribution in [2.45, 2.75) is 32.2 Å². The Morgan fingerprint density at radius 1 is 1.64 bits per heavy atom. The molecule has 1 aliphatic carbocycles. The Kier molecular flexibility index (Phi) is 2.90. The molecule has 0 aliphatic heterocycles. The van der Waals surface area contributed by atoms with Gasteiger partial charge in [-0.1, -0.05) is 6.42 Å². The summed E-state index contributed by atoms with van der Waals surface area (Å²) in [6.45, 7) is 3.06.